The van der Waals surface area contributed by atoms with Crippen molar-refractivity contribution in [2.75, 3.05) is 36.0 Å². The number of aromatic nitrogens is 4. The first-order valence-electron chi connectivity index (χ1n) is 10.6. The van der Waals surface area contributed by atoms with Crippen LogP contribution in [0.1, 0.15) is 24.6 Å². The van der Waals surface area contributed by atoms with Gasteiger partial charge in [0.2, 0.25) is 0 Å². The molecule has 0 spiro atoms. The molecule has 11 heteroatoms. The van der Waals surface area contributed by atoms with Crippen LogP contribution in [0.4, 0.5) is 11.6 Å². The maximum atomic E-state index is 9.60. The number of aliphatic hydroxyl groups is 1. The Morgan fingerprint density at radius 1 is 1.31 bits per heavy atom. The van der Waals surface area contributed by atoms with Gasteiger partial charge in [-0.2, -0.15) is 5.26 Å². The molecule has 2 aliphatic rings. The van der Waals surface area contributed by atoms with Gasteiger partial charge in [0.05, 0.1) is 22.1 Å². The van der Waals surface area contributed by atoms with Crippen LogP contribution < -0.4 is 15.5 Å². The van der Waals surface area contributed by atoms with Crippen LogP contribution in [0.2, 0.25) is 5.02 Å². The van der Waals surface area contributed by atoms with Gasteiger partial charge in [-0.3, -0.25) is 0 Å². The van der Waals surface area contributed by atoms with E-state index in [-0.39, 0.29) is 12.1 Å². The van der Waals surface area contributed by atoms with E-state index in [4.69, 9.17) is 27.3 Å². The summed E-state index contributed by atoms with van der Waals surface area (Å²) in [5.74, 6) is 1.38. The Labute approximate surface area is 194 Å². The number of nitrogens with two attached hydrogens (primary N) is 1. The third-order valence-electron chi connectivity index (χ3n) is 5.83. The van der Waals surface area contributed by atoms with Gasteiger partial charge in [0, 0.05) is 49.0 Å². The number of nitrogens with one attached hydrogen (secondary N) is 1. The van der Waals surface area contributed by atoms with Gasteiger partial charge >= 0.3 is 0 Å². The van der Waals surface area contributed by atoms with E-state index in [1.807, 2.05) is 11.8 Å². The molecule has 0 radical (unpaired) electrons. The molecule has 3 aromatic heterocycles. The summed E-state index contributed by atoms with van der Waals surface area (Å²) in [6.07, 6.45) is 3.01. The first kappa shape index (κ1) is 21.3. The van der Waals surface area contributed by atoms with Crippen LogP contribution >= 0.6 is 23.4 Å². The van der Waals surface area contributed by atoms with Crippen molar-refractivity contribution in [3.63, 3.8) is 0 Å². The SMILES string of the molecule is CCc1[nH]c2nc(Sc3cnc(N4CC(O)C4)c(C#N)c3)nc(N3CCC(N)C3)c2c1Cl. The quantitative estimate of drug-likeness (QED) is 0.480. The molecular formula is C21H23ClN8OS. The highest BCUT2D eigenvalue weighted by Gasteiger charge is 2.28. The predicted molar refractivity (Wildman–Crippen MR) is 124 cm³/mol. The van der Waals surface area contributed by atoms with E-state index in [1.165, 1.54) is 11.8 Å². The number of rotatable bonds is 5. The lowest BCUT2D eigenvalue weighted by atomic mass is 10.1. The molecule has 166 valence electrons. The van der Waals surface area contributed by atoms with E-state index in [0.717, 1.165) is 47.7 Å². The smallest absolute Gasteiger partial charge is 0.196 e. The number of H-pyrrole nitrogens is 1. The first-order chi connectivity index (χ1) is 15.5. The summed E-state index contributed by atoms with van der Waals surface area (Å²) in [6, 6.07) is 4.10. The summed E-state index contributed by atoms with van der Waals surface area (Å²) >= 11 is 8.01. The molecule has 32 heavy (non-hydrogen) atoms. The molecule has 5 heterocycles. The molecule has 2 fully saturated rings. The Balaban J connectivity index is 1.51. The van der Waals surface area contributed by atoms with Gasteiger partial charge in [-0.15, -0.1) is 0 Å². The number of β-amino-alcohol motifs (C(OH)–C–C–N with tert-alkyl or cyclic N) is 1. The van der Waals surface area contributed by atoms with E-state index in [1.54, 1.807) is 12.3 Å². The van der Waals surface area contributed by atoms with Crippen LogP contribution in [0.15, 0.2) is 22.3 Å². The van der Waals surface area contributed by atoms with Crippen molar-refractivity contribution < 1.29 is 5.11 Å². The molecule has 1 atom stereocenters. The lowest BCUT2D eigenvalue weighted by Gasteiger charge is -2.37. The number of nitrogens with zero attached hydrogens (tertiary/aromatic N) is 6. The molecule has 2 aliphatic heterocycles. The first-order valence-corrected chi connectivity index (χ1v) is 11.8. The number of aliphatic hydroxyl groups excluding tert-OH is 1. The average molecular weight is 471 g/mol. The fraction of sp³-hybridized carbons (Fsp3) is 0.429. The second kappa shape index (κ2) is 8.41. The third-order valence-corrected chi connectivity index (χ3v) is 7.08. The van der Waals surface area contributed by atoms with Crippen molar-refractivity contribution in [1.82, 2.24) is 19.9 Å². The van der Waals surface area contributed by atoms with E-state index >= 15 is 0 Å². The summed E-state index contributed by atoms with van der Waals surface area (Å²) in [5.41, 5.74) is 8.23. The van der Waals surface area contributed by atoms with Gasteiger partial charge in [-0.05, 0) is 30.7 Å². The molecule has 2 saturated heterocycles. The lowest BCUT2D eigenvalue weighted by molar-refractivity contribution is 0.141. The zero-order valence-corrected chi connectivity index (χ0v) is 19.1. The summed E-state index contributed by atoms with van der Waals surface area (Å²) in [6.45, 7) is 4.55. The Kier molecular flexibility index (Phi) is 5.59. The summed E-state index contributed by atoms with van der Waals surface area (Å²) in [4.78, 5) is 22.1. The van der Waals surface area contributed by atoms with Crippen molar-refractivity contribution in [3.05, 3.63) is 28.5 Å². The maximum absolute atomic E-state index is 9.60. The highest BCUT2D eigenvalue weighted by Crippen LogP contribution is 2.38. The monoisotopic (exact) mass is 470 g/mol. The van der Waals surface area contributed by atoms with Crippen LogP contribution in [-0.2, 0) is 6.42 Å². The Morgan fingerprint density at radius 2 is 2.12 bits per heavy atom. The van der Waals surface area contributed by atoms with Gasteiger partial charge in [0.25, 0.3) is 0 Å². The minimum absolute atomic E-state index is 0.106. The van der Waals surface area contributed by atoms with Crippen LogP contribution in [0, 0.1) is 11.3 Å². The fourth-order valence-electron chi connectivity index (χ4n) is 4.13. The molecule has 3 aromatic rings. The molecule has 0 aliphatic carbocycles. The largest absolute Gasteiger partial charge is 0.389 e. The topological polar surface area (TPSA) is 131 Å². The van der Waals surface area contributed by atoms with Crippen molar-refractivity contribution in [2.24, 2.45) is 5.73 Å². The van der Waals surface area contributed by atoms with Crippen LogP contribution in [0.3, 0.4) is 0 Å². The molecule has 9 nitrogen and oxygen atoms in total. The molecule has 0 aromatic carbocycles. The van der Waals surface area contributed by atoms with Gasteiger partial charge in [-0.25, -0.2) is 15.0 Å². The number of hydrogen-bond acceptors (Lipinski definition) is 9. The van der Waals surface area contributed by atoms with Gasteiger partial charge in [0.1, 0.15) is 23.4 Å². The van der Waals surface area contributed by atoms with Gasteiger partial charge in [0.15, 0.2) is 5.16 Å². The number of fused-ring (bicyclic) bond motifs is 1. The summed E-state index contributed by atoms with van der Waals surface area (Å²) in [5, 5.41) is 21.2. The number of aryl methyl sites for hydroxylation is 1. The van der Waals surface area contributed by atoms with Crippen molar-refractivity contribution in [1.29, 1.82) is 5.26 Å². The minimum atomic E-state index is -0.365. The lowest BCUT2D eigenvalue weighted by Crippen LogP contribution is -2.51. The third kappa shape index (κ3) is 3.75. The number of hydrogen-bond donors (Lipinski definition) is 3. The molecule has 1 unspecified atom stereocenters. The van der Waals surface area contributed by atoms with Gasteiger partial charge in [-0.1, -0.05) is 18.5 Å². The fourth-order valence-corrected chi connectivity index (χ4v) is 5.25. The van der Waals surface area contributed by atoms with E-state index in [9.17, 15) is 10.4 Å². The van der Waals surface area contributed by atoms with Crippen LogP contribution in [0.5, 0.6) is 0 Å². The zero-order valence-electron chi connectivity index (χ0n) is 17.5. The summed E-state index contributed by atoms with van der Waals surface area (Å²) in [7, 11) is 0. The van der Waals surface area contributed by atoms with E-state index in [0.29, 0.717) is 40.3 Å². The second-order valence-corrected chi connectivity index (χ2v) is 9.55. The number of pyridine rings is 1. The molecule has 0 bridgehead atoms. The maximum Gasteiger partial charge on any atom is 0.196 e. The highest BCUT2D eigenvalue weighted by atomic mass is 35.5. The minimum Gasteiger partial charge on any atom is -0.389 e. The van der Waals surface area contributed by atoms with Crippen molar-refractivity contribution in [2.45, 2.75) is 42.0 Å². The Bertz CT molecular complexity index is 1220. The second-order valence-electron chi connectivity index (χ2n) is 8.13. The number of halogens is 1. The molecule has 0 saturated carbocycles. The molecule has 4 N–H and O–H groups in total. The number of anilines is 2. The van der Waals surface area contributed by atoms with Crippen molar-refractivity contribution >= 4 is 46.0 Å². The normalized spacial score (nSPS) is 18.9. The van der Waals surface area contributed by atoms with Crippen LogP contribution in [0.25, 0.3) is 11.0 Å². The van der Waals surface area contributed by atoms with E-state index < -0.39 is 0 Å². The Hall–Kier alpha value is -2.58. The standard InChI is InChI=1S/C21H23ClN8OS/c1-2-15-17(22)16-18(26-15)27-21(28-20(16)29-4-3-12(24)8-29)32-14-5-11(6-23)19(25-7-14)30-9-13(31)10-30/h5,7,12-13,31H,2-4,8-10,24H2,1H3,(H,26,27,28). The van der Waals surface area contributed by atoms with Crippen LogP contribution in [-0.4, -0.2) is 63.4 Å². The predicted octanol–water partition coefficient (Wildman–Crippen LogP) is 2.31. The highest BCUT2D eigenvalue weighted by molar-refractivity contribution is 7.99. The molecular weight excluding hydrogens is 448 g/mol. The van der Waals surface area contributed by atoms with E-state index in [2.05, 4.69) is 20.9 Å². The van der Waals surface area contributed by atoms with Crippen molar-refractivity contribution in [3.8, 4) is 6.07 Å². The average Bonchev–Trinajstić information content (AvgIpc) is 3.34. The summed E-state index contributed by atoms with van der Waals surface area (Å²) < 4.78 is 0. The van der Waals surface area contributed by atoms with Gasteiger partial charge < -0.3 is 25.6 Å². The number of aromatic amines is 1. The zero-order chi connectivity index (χ0) is 22.4. The molecule has 0 amide bonds. The molecule has 5 rings (SSSR count). The number of nitriles is 1. The Morgan fingerprint density at radius 3 is 2.78 bits per heavy atom.